The topological polar surface area (TPSA) is 39.7 Å². The van der Waals surface area contributed by atoms with Crippen LogP contribution < -0.4 is 19.5 Å². The SMILES string of the molecule is COc1cc(CNCCc2cccc(C)c2)cc(OC)c1OC. The van der Waals surface area contributed by atoms with E-state index >= 15 is 0 Å². The lowest BCUT2D eigenvalue weighted by atomic mass is 10.1. The Morgan fingerprint density at radius 3 is 2.13 bits per heavy atom. The average molecular weight is 315 g/mol. The fraction of sp³-hybridized carbons (Fsp3) is 0.368. The molecule has 0 saturated heterocycles. The second kappa shape index (κ2) is 8.44. The van der Waals surface area contributed by atoms with Crippen molar-refractivity contribution < 1.29 is 14.2 Å². The van der Waals surface area contributed by atoms with Gasteiger partial charge in [0.25, 0.3) is 0 Å². The molecule has 0 aliphatic carbocycles. The largest absolute Gasteiger partial charge is 0.493 e. The molecule has 4 heteroatoms. The van der Waals surface area contributed by atoms with Crippen LogP contribution in [0.5, 0.6) is 17.2 Å². The molecular weight excluding hydrogens is 290 g/mol. The van der Waals surface area contributed by atoms with Crippen molar-refractivity contribution in [2.24, 2.45) is 0 Å². The molecule has 0 heterocycles. The first-order chi connectivity index (χ1) is 11.2. The number of ether oxygens (including phenoxy) is 3. The van der Waals surface area contributed by atoms with Crippen LogP contribution in [0.1, 0.15) is 16.7 Å². The zero-order valence-corrected chi connectivity index (χ0v) is 14.3. The van der Waals surface area contributed by atoms with Crippen LogP contribution in [0, 0.1) is 6.92 Å². The van der Waals surface area contributed by atoms with Gasteiger partial charge in [-0.25, -0.2) is 0 Å². The minimum absolute atomic E-state index is 0.624. The van der Waals surface area contributed by atoms with Crippen LogP contribution in [0.25, 0.3) is 0 Å². The summed E-state index contributed by atoms with van der Waals surface area (Å²) in [6, 6.07) is 12.5. The van der Waals surface area contributed by atoms with E-state index in [0.717, 1.165) is 25.1 Å². The van der Waals surface area contributed by atoms with Crippen molar-refractivity contribution in [3.05, 3.63) is 53.1 Å². The minimum atomic E-state index is 0.624. The lowest BCUT2D eigenvalue weighted by molar-refractivity contribution is 0.323. The molecule has 0 atom stereocenters. The molecule has 1 N–H and O–H groups in total. The van der Waals surface area contributed by atoms with E-state index in [2.05, 4.69) is 36.5 Å². The lowest BCUT2D eigenvalue weighted by Crippen LogP contribution is -2.17. The predicted octanol–water partition coefficient (Wildman–Crippen LogP) is 3.35. The first-order valence-electron chi connectivity index (χ1n) is 7.73. The molecule has 2 aromatic carbocycles. The second-order valence-corrected chi connectivity index (χ2v) is 5.45. The highest BCUT2D eigenvalue weighted by Crippen LogP contribution is 2.38. The maximum Gasteiger partial charge on any atom is 0.203 e. The van der Waals surface area contributed by atoms with Gasteiger partial charge in [0.15, 0.2) is 11.5 Å². The van der Waals surface area contributed by atoms with Gasteiger partial charge < -0.3 is 19.5 Å². The van der Waals surface area contributed by atoms with Crippen LogP contribution in [0.4, 0.5) is 0 Å². The van der Waals surface area contributed by atoms with Crippen molar-refractivity contribution in [3.63, 3.8) is 0 Å². The van der Waals surface area contributed by atoms with E-state index in [9.17, 15) is 0 Å². The Morgan fingerprint density at radius 2 is 1.57 bits per heavy atom. The van der Waals surface area contributed by atoms with Crippen molar-refractivity contribution in [2.45, 2.75) is 19.9 Å². The van der Waals surface area contributed by atoms with E-state index < -0.39 is 0 Å². The van der Waals surface area contributed by atoms with E-state index in [-0.39, 0.29) is 0 Å². The molecular formula is C19H25NO3. The number of hydrogen-bond acceptors (Lipinski definition) is 4. The summed E-state index contributed by atoms with van der Waals surface area (Å²) in [6.07, 6.45) is 1.01. The molecule has 2 rings (SSSR count). The van der Waals surface area contributed by atoms with E-state index in [1.165, 1.54) is 11.1 Å². The summed E-state index contributed by atoms with van der Waals surface area (Å²) in [6.45, 7) is 3.79. The highest BCUT2D eigenvalue weighted by Gasteiger charge is 2.12. The Bertz CT molecular complexity index is 615. The van der Waals surface area contributed by atoms with Crippen molar-refractivity contribution in [3.8, 4) is 17.2 Å². The van der Waals surface area contributed by atoms with Crippen LogP contribution in [-0.2, 0) is 13.0 Å². The van der Waals surface area contributed by atoms with Gasteiger partial charge >= 0.3 is 0 Å². The standard InChI is InChI=1S/C19H25NO3/c1-14-6-5-7-15(10-14)8-9-20-13-16-11-17(21-2)19(23-4)18(12-16)22-3/h5-7,10-12,20H,8-9,13H2,1-4H3. The molecule has 2 aromatic rings. The van der Waals surface area contributed by atoms with E-state index in [0.29, 0.717) is 17.2 Å². The van der Waals surface area contributed by atoms with Crippen molar-refractivity contribution in [2.75, 3.05) is 27.9 Å². The van der Waals surface area contributed by atoms with Crippen molar-refractivity contribution in [1.82, 2.24) is 5.32 Å². The number of aryl methyl sites for hydroxylation is 1. The molecule has 4 nitrogen and oxygen atoms in total. The van der Waals surface area contributed by atoms with Gasteiger partial charge in [0, 0.05) is 6.54 Å². The molecule has 0 radical (unpaired) electrons. The third-order valence-electron chi connectivity index (χ3n) is 3.73. The second-order valence-electron chi connectivity index (χ2n) is 5.45. The van der Waals surface area contributed by atoms with Gasteiger partial charge in [0.05, 0.1) is 21.3 Å². The first kappa shape index (κ1) is 17.2. The molecule has 23 heavy (non-hydrogen) atoms. The van der Waals surface area contributed by atoms with Crippen LogP contribution in [-0.4, -0.2) is 27.9 Å². The van der Waals surface area contributed by atoms with E-state index in [4.69, 9.17) is 14.2 Å². The molecule has 0 bridgehead atoms. The number of nitrogens with one attached hydrogen (secondary N) is 1. The molecule has 0 aromatic heterocycles. The molecule has 0 amide bonds. The normalized spacial score (nSPS) is 10.4. The monoisotopic (exact) mass is 315 g/mol. The van der Waals surface area contributed by atoms with Gasteiger partial charge in [-0.2, -0.15) is 0 Å². The smallest absolute Gasteiger partial charge is 0.203 e. The molecule has 0 unspecified atom stereocenters. The maximum atomic E-state index is 5.38. The Balaban J connectivity index is 1.95. The van der Waals surface area contributed by atoms with E-state index in [1.54, 1.807) is 21.3 Å². The molecule has 0 saturated carbocycles. The van der Waals surface area contributed by atoms with Crippen LogP contribution >= 0.6 is 0 Å². The van der Waals surface area contributed by atoms with Crippen molar-refractivity contribution >= 4 is 0 Å². The number of hydrogen-bond donors (Lipinski definition) is 1. The fourth-order valence-corrected chi connectivity index (χ4v) is 2.57. The summed E-state index contributed by atoms with van der Waals surface area (Å²) in [5.74, 6) is 1.99. The van der Waals surface area contributed by atoms with Crippen LogP contribution in [0.2, 0.25) is 0 Å². The van der Waals surface area contributed by atoms with E-state index in [1.807, 2.05) is 12.1 Å². The molecule has 0 spiro atoms. The van der Waals surface area contributed by atoms with Gasteiger partial charge in [-0.3, -0.25) is 0 Å². The van der Waals surface area contributed by atoms with Crippen LogP contribution in [0.15, 0.2) is 36.4 Å². The third kappa shape index (κ3) is 4.63. The van der Waals surface area contributed by atoms with Gasteiger partial charge in [-0.15, -0.1) is 0 Å². The minimum Gasteiger partial charge on any atom is -0.493 e. The highest BCUT2D eigenvalue weighted by atomic mass is 16.5. The summed E-state index contributed by atoms with van der Waals surface area (Å²) < 4.78 is 16.1. The first-order valence-corrected chi connectivity index (χ1v) is 7.73. The summed E-state index contributed by atoms with van der Waals surface area (Å²) in [7, 11) is 4.87. The number of benzene rings is 2. The maximum absolute atomic E-state index is 5.38. The Labute approximate surface area is 138 Å². The summed E-state index contributed by atoms with van der Waals surface area (Å²) in [5.41, 5.74) is 3.75. The zero-order valence-electron chi connectivity index (χ0n) is 14.3. The predicted molar refractivity (Wildman–Crippen MR) is 92.7 cm³/mol. The average Bonchev–Trinajstić information content (AvgIpc) is 2.57. The quantitative estimate of drug-likeness (QED) is 0.758. The van der Waals surface area contributed by atoms with Crippen LogP contribution in [0.3, 0.4) is 0 Å². The molecule has 0 fully saturated rings. The third-order valence-corrected chi connectivity index (χ3v) is 3.73. The van der Waals surface area contributed by atoms with Crippen molar-refractivity contribution in [1.29, 1.82) is 0 Å². The van der Waals surface area contributed by atoms with Gasteiger partial charge in [0.2, 0.25) is 5.75 Å². The summed E-state index contributed by atoms with van der Waals surface area (Å²) in [5, 5.41) is 3.46. The van der Waals surface area contributed by atoms with Gasteiger partial charge in [-0.05, 0) is 43.1 Å². The Morgan fingerprint density at radius 1 is 0.870 bits per heavy atom. The number of rotatable bonds is 8. The number of methoxy groups -OCH3 is 3. The highest BCUT2D eigenvalue weighted by molar-refractivity contribution is 5.53. The Kier molecular flexibility index (Phi) is 6.29. The fourth-order valence-electron chi connectivity index (χ4n) is 2.57. The molecule has 124 valence electrons. The van der Waals surface area contributed by atoms with Gasteiger partial charge in [-0.1, -0.05) is 29.8 Å². The Hall–Kier alpha value is -2.20. The molecule has 0 aliphatic heterocycles. The lowest BCUT2D eigenvalue weighted by Gasteiger charge is -2.14. The molecule has 0 aliphatic rings. The summed E-state index contributed by atoms with van der Waals surface area (Å²) in [4.78, 5) is 0. The summed E-state index contributed by atoms with van der Waals surface area (Å²) >= 11 is 0. The zero-order chi connectivity index (χ0) is 16.7. The van der Waals surface area contributed by atoms with Gasteiger partial charge in [0.1, 0.15) is 0 Å².